The zero-order chi connectivity index (χ0) is 20.3. The first-order valence-corrected chi connectivity index (χ1v) is 9.58. The van der Waals surface area contributed by atoms with Gasteiger partial charge in [-0.2, -0.15) is 10.4 Å². The van der Waals surface area contributed by atoms with Crippen LogP contribution in [0.4, 0.5) is 0 Å². The molecule has 0 aliphatic carbocycles. The molecule has 0 bridgehead atoms. The van der Waals surface area contributed by atoms with E-state index in [1.54, 1.807) is 24.1 Å². The van der Waals surface area contributed by atoms with Crippen LogP contribution < -0.4 is 5.56 Å². The molecular formula is C19H19BrN6O2. The van der Waals surface area contributed by atoms with E-state index in [1.165, 1.54) is 15.6 Å². The number of hydrogen-bond acceptors (Lipinski definition) is 5. The van der Waals surface area contributed by atoms with E-state index in [0.29, 0.717) is 34.3 Å². The van der Waals surface area contributed by atoms with Crippen molar-refractivity contribution in [2.75, 3.05) is 6.54 Å². The van der Waals surface area contributed by atoms with Crippen LogP contribution in [0.1, 0.15) is 24.5 Å². The van der Waals surface area contributed by atoms with E-state index in [9.17, 15) is 9.59 Å². The second-order valence-corrected chi connectivity index (χ2v) is 7.17. The van der Waals surface area contributed by atoms with Gasteiger partial charge in [0.2, 0.25) is 5.91 Å². The summed E-state index contributed by atoms with van der Waals surface area (Å²) in [5, 5.41) is 13.4. The Morgan fingerprint density at radius 3 is 2.68 bits per heavy atom. The van der Waals surface area contributed by atoms with Crippen molar-refractivity contribution >= 4 is 32.9 Å². The summed E-state index contributed by atoms with van der Waals surface area (Å²) in [4.78, 5) is 31.6. The van der Waals surface area contributed by atoms with Crippen molar-refractivity contribution in [3.63, 3.8) is 0 Å². The summed E-state index contributed by atoms with van der Waals surface area (Å²) in [5.74, 6) is -0.172. The molecular weight excluding hydrogens is 424 g/mol. The van der Waals surface area contributed by atoms with Crippen LogP contribution in [-0.2, 0) is 24.9 Å². The Morgan fingerprint density at radius 2 is 2.04 bits per heavy atom. The van der Waals surface area contributed by atoms with Crippen LogP contribution in [-0.4, -0.2) is 36.7 Å². The Morgan fingerprint density at radius 1 is 1.32 bits per heavy atom. The van der Waals surface area contributed by atoms with Gasteiger partial charge in [-0.05, 0) is 40.0 Å². The number of halogens is 1. The Balaban J connectivity index is 1.83. The Bertz CT molecular complexity index is 1110. The van der Waals surface area contributed by atoms with Gasteiger partial charge >= 0.3 is 0 Å². The first-order chi connectivity index (χ1) is 13.4. The molecule has 0 aliphatic heterocycles. The molecule has 0 atom stereocenters. The predicted octanol–water partition coefficient (Wildman–Crippen LogP) is 2.20. The summed E-state index contributed by atoms with van der Waals surface area (Å²) in [5.41, 5.74) is 1.65. The molecule has 28 heavy (non-hydrogen) atoms. The van der Waals surface area contributed by atoms with Crippen LogP contribution in [0.15, 0.2) is 40.0 Å². The van der Waals surface area contributed by atoms with Gasteiger partial charge in [0.15, 0.2) is 5.65 Å². The van der Waals surface area contributed by atoms with E-state index >= 15 is 0 Å². The molecule has 0 radical (unpaired) electrons. The zero-order valence-electron chi connectivity index (χ0n) is 15.6. The summed E-state index contributed by atoms with van der Waals surface area (Å²) >= 11 is 3.28. The molecule has 0 saturated carbocycles. The molecule has 0 saturated heterocycles. The number of hydrogen-bond donors (Lipinski definition) is 0. The van der Waals surface area contributed by atoms with E-state index in [2.05, 4.69) is 32.1 Å². The predicted molar refractivity (Wildman–Crippen MR) is 107 cm³/mol. The summed E-state index contributed by atoms with van der Waals surface area (Å²) in [6.07, 6.45) is 2.17. The van der Waals surface area contributed by atoms with Crippen LogP contribution in [0.5, 0.6) is 0 Å². The number of aromatic nitrogens is 4. The van der Waals surface area contributed by atoms with Crippen LogP contribution >= 0.6 is 15.9 Å². The zero-order valence-corrected chi connectivity index (χ0v) is 17.2. The molecule has 3 aromatic rings. The molecule has 0 spiro atoms. The second-order valence-electron chi connectivity index (χ2n) is 6.41. The monoisotopic (exact) mass is 442 g/mol. The molecule has 2 heterocycles. The lowest BCUT2D eigenvalue weighted by Crippen LogP contribution is -2.36. The molecule has 144 valence electrons. The fourth-order valence-corrected chi connectivity index (χ4v) is 3.55. The highest BCUT2D eigenvalue weighted by atomic mass is 79.9. The fraction of sp³-hybridized carbons (Fsp3) is 0.316. The average Bonchev–Trinajstić information content (AvgIpc) is 2.98. The Kier molecular flexibility index (Phi) is 5.90. The molecule has 0 aliphatic rings. The number of carbonyl (C=O) groups is 1. The van der Waals surface area contributed by atoms with Gasteiger partial charge in [0.05, 0.1) is 11.6 Å². The van der Waals surface area contributed by atoms with E-state index < -0.39 is 0 Å². The van der Waals surface area contributed by atoms with Gasteiger partial charge in [0.1, 0.15) is 22.9 Å². The maximum absolute atomic E-state index is 12.9. The van der Waals surface area contributed by atoms with Crippen LogP contribution in [0.25, 0.3) is 11.0 Å². The Labute approximate surface area is 170 Å². The van der Waals surface area contributed by atoms with Gasteiger partial charge in [-0.15, -0.1) is 0 Å². The lowest BCUT2D eigenvalue weighted by atomic mass is 10.1. The van der Waals surface area contributed by atoms with Crippen molar-refractivity contribution in [3.8, 4) is 6.07 Å². The minimum absolute atomic E-state index is 0.0978. The highest BCUT2D eigenvalue weighted by Gasteiger charge is 2.18. The molecule has 2 aromatic heterocycles. The second kappa shape index (κ2) is 8.35. The fourth-order valence-electron chi connectivity index (χ4n) is 2.96. The van der Waals surface area contributed by atoms with Gasteiger partial charge < -0.3 is 4.90 Å². The van der Waals surface area contributed by atoms with Crippen molar-refractivity contribution in [1.82, 2.24) is 24.2 Å². The molecule has 0 fully saturated rings. The van der Waals surface area contributed by atoms with Crippen molar-refractivity contribution in [2.45, 2.75) is 26.4 Å². The summed E-state index contributed by atoms with van der Waals surface area (Å²) in [6, 6.07) is 9.20. The largest absolute Gasteiger partial charge is 0.337 e. The summed E-state index contributed by atoms with van der Waals surface area (Å²) < 4.78 is 3.23. The maximum Gasteiger partial charge on any atom is 0.266 e. The van der Waals surface area contributed by atoms with E-state index in [0.717, 1.165) is 12.0 Å². The third kappa shape index (κ3) is 3.97. The van der Waals surface area contributed by atoms with E-state index in [4.69, 9.17) is 5.26 Å². The molecule has 3 rings (SSSR count). The molecule has 0 N–H and O–H groups in total. The normalized spacial score (nSPS) is 10.8. The topological polar surface area (TPSA) is 96.8 Å². The average molecular weight is 443 g/mol. The van der Waals surface area contributed by atoms with E-state index in [-0.39, 0.29) is 18.0 Å². The highest BCUT2D eigenvalue weighted by molar-refractivity contribution is 9.10. The Hall–Kier alpha value is -2.99. The van der Waals surface area contributed by atoms with Crippen molar-refractivity contribution in [3.05, 3.63) is 56.7 Å². The SMILES string of the molecule is CCCN(Cc1ccc(C#N)cc1)C(=O)Cn1cnc2c(c(Br)nn2C)c1=O. The first kappa shape index (κ1) is 19.8. The minimum Gasteiger partial charge on any atom is -0.337 e. The maximum atomic E-state index is 12.9. The number of aryl methyl sites for hydroxylation is 1. The standard InChI is InChI=1S/C19H19BrN6O2/c1-3-8-25(10-14-6-4-13(9-21)5-7-14)15(27)11-26-12-22-18-16(19(26)28)17(20)23-24(18)2/h4-7,12H,3,8,10-11H2,1-2H3. The van der Waals surface area contributed by atoms with Gasteiger partial charge in [-0.3, -0.25) is 14.2 Å². The number of nitrogens with zero attached hydrogens (tertiary/aromatic N) is 6. The van der Waals surface area contributed by atoms with Crippen LogP contribution in [0.2, 0.25) is 0 Å². The molecule has 0 unspecified atom stereocenters. The molecule has 1 aromatic carbocycles. The highest BCUT2D eigenvalue weighted by Crippen LogP contribution is 2.17. The minimum atomic E-state index is -0.312. The lowest BCUT2D eigenvalue weighted by Gasteiger charge is -2.22. The number of amides is 1. The molecule has 9 heteroatoms. The van der Waals surface area contributed by atoms with Crippen LogP contribution in [0, 0.1) is 11.3 Å². The smallest absolute Gasteiger partial charge is 0.266 e. The van der Waals surface area contributed by atoms with Crippen molar-refractivity contribution in [1.29, 1.82) is 5.26 Å². The number of benzene rings is 1. The summed E-state index contributed by atoms with van der Waals surface area (Å²) in [7, 11) is 1.70. The molecule has 8 nitrogen and oxygen atoms in total. The quantitative estimate of drug-likeness (QED) is 0.582. The van der Waals surface area contributed by atoms with Gasteiger partial charge in [-0.25, -0.2) is 9.67 Å². The van der Waals surface area contributed by atoms with Gasteiger partial charge in [0.25, 0.3) is 5.56 Å². The van der Waals surface area contributed by atoms with Crippen LogP contribution in [0.3, 0.4) is 0 Å². The first-order valence-electron chi connectivity index (χ1n) is 8.79. The third-order valence-electron chi connectivity index (χ3n) is 4.38. The lowest BCUT2D eigenvalue weighted by molar-refractivity contribution is -0.132. The van der Waals surface area contributed by atoms with Gasteiger partial charge in [0, 0.05) is 20.1 Å². The number of rotatable bonds is 6. The van der Waals surface area contributed by atoms with Gasteiger partial charge in [-0.1, -0.05) is 19.1 Å². The van der Waals surface area contributed by atoms with E-state index in [1.807, 2.05) is 19.1 Å². The third-order valence-corrected chi connectivity index (χ3v) is 4.93. The number of carbonyl (C=O) groups excluding carboxylic acids is 1. The van der Waals surface area contributed by atoms with Crippen molar-refractivity contribution in [2.24, 2.45) is 7.05 Å². The number of nitriles is 1. The van der Waals surface area contributed by atoms with Crippen molar-refractivity contribution < 1.29 is 4.79 Å². The summed E-state index contributed by atoms with van der Waals surface area (Å²) in [6.45, 7) is 2.88. The number of fused-ring (bicyclic) bond motifs is 1. The molecule has 1 amide bonds.